The average Bonchev–Trinajstić information content (AvgIpc) is 3.13. The summed E-state index contributed by atoms with van der Waals surface area (Å²) in [4.78, 5) is 14.7. The van der Waals surface area contributed by atoms with Gasteiger partial charge in [0.2, 0.25) is 0 Å². The Morgan fingerprint density at radius 3 is 2.54 bits per heavy atom. The van der Waals surface area contributed by atoms with E-state index < -0.39 is 0 Å². The number of nitrogens with two attached hydrogens (primary N) is 1. The lowest BCUT2D eigenvalue weighted by Crippen LogP contribution is -2.91. The van der Waals surface area contributed by atoms with Crippen molar-refractivity contribution in [3.05, 3.63) is 47.4 Å². The molecule has 0 spiro atoms. The maximum atomic E-state index is 12.8. The second kappa shape index (κ2) is 10.8. The summed E-state index contributed by atoms with van der Waals surface area (Å²) in [5, 5.41) is 2.10. The normalized spacial score (nSPS) is 11.9. The van der Waals surface area contributed by atoms with Gasteiger partial charge >= 0.3 is 0 Å². The van der Waals surface area contributed by atoms with Gasteiger partial charge in [-0.1, -0.05) is 13.0 Å². The van der Waals surface area contributed by atoms with Crippen LogP contribution in [0.2, 0.25) is 0 Å². The van der Waals surface area contributed by atoms with Gasteiger partial charge in [-0.15, -0.1) is 0 Å². The van der Waals surface area contributed by atoms with E-state index in [1.165, 1.54) is 0 Å². The molecule has 6 heteroatoms. The fourth-order valence-corrected chi connectivity index (χ4v) is 2.95. The van der Waals surface area contributed by atoms with Gasteiger partial charge in [-0.25, -0.2) is 0 Å². The second-order valence-corrected chi connectivity index (χ2v) is 7.09. The molecule has 1 aromatic heterocycles. The number of hydrogen-bond donors (Lipinski definition) is 1. The number of carbonyl (C=O) groups excluding carboxylic acids is 1. The van der Waals surface area contributed by atoms with Crippen molar-refractivity contribution in [3.8, 4) is 11.5 Å². The Kier molecular flexibility index (Phi) is 8.39. The zero-order valence-electron chi connectivity index (χ0n) is 17.7. The van der Waals surface area contributed by atoms with Crippen molar-refractivity contribution in [2.75, 3.05) is 27.3 Å². The summed E-state index contributed by atoms with van der Waals surface area (Å²) in [5.74, 6) is 3.18. The number of furan rings is 1. The van der Waals surface area contributed by atoms with Crippen LogP contribution in [0.3, 0.4) is 0 Å². The summed E-state index contributed by atoms with van der Waals surface area (Å²) in [5.41, 5.74) is 1.09. The minimum atomic E-state index is 0.120. The molecule has 2 aromatic rings. The van der Waals surface area contributed by atoms with Crippen molar-refractivity contribution in [1.29, 1.82) is 0 Å². The molecule has 154 valence electrons. The number of benzene rings is 1. The van der Waals surface area contributed by atoms with Crippen LogP contribution in [0.1, 0.15) is 37.4 Å². The molecular formula is C22H33N2O4+. The highest BCUT2D eigenvalue weighted by molar-refractivity contribution is 5.77. The Hall–Kier alpha value is -2.47. The van der Waals surface area contributed by atoms with Gasteiger partial charge < -0.3 is 24.1 Å². The zero-order valence-corrected chi connectivity index (χ0v) is 17.7. The number of nitrogens with zero attached hydrogens (tertiary/aromatic N) is 1. The highest BCUT2D eigenvalue weighted by atomic mass is 16.5. The summed E-state index contributed by atoms with van der Waals surface area (Å²) in [6, 6.07) is 10.2. The van der Waals surface area contributed by atoms with Crippen molar-refractivity contribution < 1.29 is 24.0 Å². The van der Waals surface area contributed by atoms with Crippen molar-refractivity contribution in [3.63, 3.8) is 0 Å². The first kappa shape index (κ1) is 21.8. The molecule has 0 saturated carbocycles. The highest BCUT2D eigenvalue weighted by Gasteiger charge is 2.18. The number of ether oxygens (including phenoxy) is 2. The van der Waals surface area contributed by atoms with E-state index in [1.807, 2.05) is 42.2 Å². The van der Waals surface area contributed by atoms with Crippen LogP contribution in [-0.4, -0.2) is 44.2 Å². The smallest absolute Gasteiger partial charge is 0.278 e. The predicted octanol–water partition coefficient (Wildman–Crippen LogP) is 2.54. The highest BCUT2D eigenvalue weighted by Crippen LogP contribution is 2.27. The SMILES string of the molecule is CC[C@@H](C)[NH2+]CC(=O)N(CCc1ccc(OC)c(OC)c1)Cc1ccc(C)o1. The Balaban J connectivity index is 2.06. The predicted molar refractivity (Wildman–Crippen MR) is 109 cm³/mol. The lowest BCUT2D eigenvalue weighted by Gasteiger charge is -2.22. The molecule has 0 aliphatic carbocycles. The van der Waals surface area contributed by atoms with Crippen LogP contribution in [0.25, 0.3) is 0 Å². The Bertz CT molecular complexity index is 757. The van der Waals surface area contributed by atoms with Gasteiger partial charge in [-0.2, -0.15) is 0 Å². The van der Waals surface area contributed by atoms with Crippen molar-refractivity contribution in [1.82, 2.24) is 4.90 Å². The van der Waals surface area contributed by atoms with Gasteiger partial charge in [-0.3, -0.25) is 4.79 Å². The number of aryl methyl sites for hydroxylation is 1. The molecule has 6 nitrogen and oxygen atoms in total. The molecule has 0 radical (unpaired) electrons. The van der Waals surface area contributed by atoms with E-state index in [-0.39, 0.29) is 5.91 Å². The number of methoxy groups -OCH3 is 2. The maximum absolute atomic E-state index is 12.8. The van der Waals surface area contributed by atoms with Gasteiger partial charge in [-0.05, 0) is 56.5 Å². The number of rotatable bonds is 11. The van der Waals surface area contributed by atoms with Crippen molar-refractivity contribution in [2.24, 2.45) is 0 Å². The van der Waals surface area contributed by atoms with Crippen LogP contribution in [0, 0.1) is 6.92 Å². The molecule has 0 unspecified atom stereocenters. The lowest BCUT2D eigenvalue weighted by atomic mass is 10.1. The van der Waals surface area contributed by atoms with Crippen LogP contribution >= 0.6 is 0 Å². The van der Waals surface area contributed by atoms with Gasteiger partial charge in [0, 0.05) is 6.54 Å². The molecule has 0 saturated heterocycles. The summed E-state index contributed by atoms with van der Waals surface area (Å²) in [6.07, 6.45) is 1.77. The van der Waals surface area contributed by atoms with E-state index in [0.717, 1.165) is 29.9 Å². The molecule has 1 heterocycles. The summed E-state index contributed by atoms with van der Waals surface area (Å²) in [6.45, 7) is 7.72. The first-order chi connectivity index (χ1) is 13.5. The van der Waals surface area contributed by atoms with E-state index >= 15 is 0 Å². The van der Waals surface area contributed by atoms with Crippen LogP contribution in [-0.2, 0) is 17.8 Å². The lowest BCUT2D eigenvalue weighted by molar-refractivity contribution is -0.676. The van der Waals surface area contributed by atoms with Gasteiger partial charge in [0.05, 0.1) is 26.8 Å². The van der Waals surface area contributed by atoms with Crippen LogP contribution in [0.15, 0.2) is 34.7 Å². The third-order valence-electron chi connectivity index (χ3n) is 4.95. The first-order valence-electron chi connectivity index (χ1n) is 9.84. The first-order valence-corrected chi connectivity index (χ1v) is 9.84. The van der Waals surface area contributed by atoms with Gasteiger partial charge in [0.25, 0.3) is 5.91 Å². The monoisotopic (exact) mass is 389 g/mol. The van der Waals surface area contributed by atoms with Crippen LogP contribution in [0.4, 0.5) is 0 Å². The van der Waals surface area contributed by atoms with E-state index in [9.17, 15) is 4.79 Å². The molecule has 28 heavy (non-hydrogen) atoms. The van der Waals surface area contributed by atoms with Crippen LogP contribution < -0.4 is 14.8 Å². The molecule has 2 rings (SSSR count). The Morgan fingerprint density at radius 1 is 1.18 bits per heavy atom. The van der Waals surface area contributed by atoms with Crippen molar-refractivity contribution >= 4 is 5.91 Å². The molecular weight excluding hydrogens is 356 g/mol. The number of carbonyl (C=O) groups is 1. The Labute approximate surface area is 167 Å². The fraction of sp³-hybridized carbons (Fsp3) is 0.500. The van der Waals surface area contributed by atoms with E-state index in [1.54, 1.807) is 14.2 Å². The largest absolute Gasteiger partial charge is 0.493 e. The molecule has 1 amide bonds. The standard InChI is InChI=1S/C22H32N2O4/c1-6-16(2)23-14-22(25)24(15-19-9-7-17(3)28-19)12-11-18-8-10-20(26-4)21(13-18)27-5/h7-10,13,16,23H,6,11-12,14-15H2,1-5H3/p+1/t16-/m1/s1. The summed E-state index contributed by atoms with van der Waals surface area (Å²) in [7, 11) is 3.25. The molecule has 0 aliphatic heterocycles. The molecule has 0 bridgehead atoms. The van der Waals surface area contributed by atoms with Crippen molar-refractivity contribution in [2.45, 2.75) is 46.2 Å². The van der Waals surface area contributed by atoms with E-state index in [2.05, 4.69) is 19.2 Å². The molecule has 1 aromatic carbocycles. The van der Waals surface area contributed by atoms with Gasteiger partial charge in [0.15, 0.2) is 18.0 Å². The third-order valence-corrected chi connectivity index (χ3v) is 4.95. The second-order valence-electron chi connectivity index (χ2n) is 7.09. The molecule has 0 aliphatic rings. The van der Waals surface area contributed by atoms with Gasteiger partial charge in [0.1, 0.15) is 11.5 Å². The number of hydrogen-bond acceptors (Lipinski definition) is 4. The van der Waals surface area contributed by atoms with E-state index in [0.29, 0.717) is 37.2 Å². The molecule has 0 fully saturated rings. The Morgan fingerprint density at radius 2 is 1.93 bits per heavy atom. The summed E-state index contributed by atoms with van der Waals surface area (Å²) >= 11 is 0. The summed E-state index contributed by atoms with van der Waals surface area (Å²) < 4.78 is 16.4. The number of quaternary nitrogens is 1. The number of amides is 1. The zero-order chi connectivity index (χ0) is 20.5. The minimum absolute atomic E-state index is 0.120. The fourth-order valence-electron chi connectivity index (χ4n) is 2.95. The average molecular weight is 390 g/mol. The van der Waals surface area contributed by atoms with Crippen LogP contribution in [0.5, 0.6) is 11.5 Å². The topological polar surface area (TPSA) is 68.5 Å². The third kappa shape index (κ3) is 6.30. The quantitative estimate of drug-likeness (QED) is 0.641. The maximum Gasteiger partial charge on any atom is 0.278 e. The molecule has 2 N–H and O–H groups in total. The van der Waals surface area contributed by atoms with E-state index in [4.69, 9.17) is 13.9 Å². The minimum Gasteiger partial charge on any atom is -0.493 e. The molecule has 1 atom stereocenters.